The van der Waals surface area contributed by atoms with Crippen LogP contribution in [-0.4, -0.2) is 17.1 Å². The number of carbonyl (C=O) groups excluding carboxylic acids is 1. The number of phenols is 1. The lowest BCUT2D eigenvalue weighted by Crippen LogP contribution is -2.33. The minimum absolute atomic E-state index is 0. The van der Waals surface area contributed by atoms with Gasteiger partial charge in [0, 0.05) is 0 Å². The Morgan fingerprint density at radius 3 is 2.56 bits per heavy atom. The van der Waals surface area contributed by atoms with E-state index >= 15 is 0 Å². The van der Waals surface area contributed by atoms with E-state index in [-0.39, 0.29) is 18.2 Å². The van der Waals surface area contributed by atoms with Crippen molar-refractivity contribution in [2.75, 3.05) is 0 Å². The molecule has 0 saturated carbocycles. The standard InChI is InChI=1S/C11H11NO3.ClH/c1-2-15-11(14)10(12)7-8-3-5-9(13)6-4-8;/h1,3-6,10,13H,7,12H2;1H/t10-;/m0./s1. The molecule has 1 aromatic carbocycles. The molecule has 0 aromatic heterocycles. The van der Waals surface area contributed by atoms with Gasteiger partial charge in [0.2, 0.25) is 0 Å². The van der Waals surface area contributed by atoms with Crippen molar-refractivity contribution in [2.24, 2.45) is 5.73 Å². The maximum atomic E-state index is 11.1. The predicted octanol–water partition coefficient (Wildman–Crippen LogP) is 0.818. The Morgan fingerprint density at radius 2 is 2.06 bits per heavy atom. The lowest BCUT2D eigenvalue weighted by atomic mass is 10.1. The fraction of sp³-hybridized carbons (Fsp3) is 0.182. The fourth-order valence-electron chi connectivity index (χ4n) is 1.10. The average Bonchev–Trinajstić information content (AvgIpc) is 2.22. The van der Waals surface area contributed by atoms with Gasteiger partial charge in [0.1, 0.15) is 17.9 Å². The molecule has 0 saturated heterocycles. The molecule has 0 aliphatic heterocycles. The average molecular weight is 242 g/mol. The summed E-state index contributed by atoms with van der Waals surface area (Å²) >= 11 is 0. The van der Waals surface area contributed by atoms with Gasteiger partial charge in [-0.25, -0.2) is 4.79 Å². The van der Waals surface area contributed by atoms with Gasteiger partial charge in [0.15, 0.2) is 0 Å². The highest BCUT2D eigenvalue weighted by Gasteiger charge is 2.14. The van der Waals surface area contributed by atoms with Crippen molar-refractivity contribution in [3.63, 3.8) is 0 Å². The summed E-state index contributed by atoms with van der Waals surface area (Å²) in [7, 11) is 0. The molecule has 0 radical (unpaired) electrons. The Kier molecular flexibility index (Phi) is 6.01. The van der Waals surface area contributed by atoms with Crippen LogP contribution in [0.5, 0.6) is 5.75 Å². The summed E-state index contributed by atoms with van der Waals surface area (Å²) in [6, 6.07) is 5.62. The number of nitrogens with two attached hydrogens (primary N) is 1. The van der Waals surface area contributed by atoms with Gasteiger partial charge in [-0.1, -0.05) is 18.6 Å². The van der Waals surface area contributed by atoms with Crippen LogP contribution in [0.3, 0.4) is 0 Å². The zero-order chi connectivity index (χ0) is 11.3. The topological polar surface area (TPSA) is 72.5 Å². The molecule has 0 heterocycles. The second-order valence-electron chi connectivity index (χ2n) is 3.02. The third kappa shape index (κ3) is 4.22. The summed E-state index contributed by atoms with van der Waals surface area (Å²) in [5.41, 5.74) is 6.37. The molecule has 1 aromatic rings. The first-order chi connectivity index (χ1) is 7.13. The first kappa shape index (κ1) is 14.3. The van der Waals surface area contributed by atoms with E-state index in [4.69, 9.17) is 17.3 Å². The number of hydrogen-bond acceptors (Lipinski definition) is 4. The number of terminal acetylenes is 1. The van der Waals surface area contributed by atoms with Crippen molar-refractivity contribution in [1.29, 1.82) is 0 Å². The zero-order valence-electron chi connectivity index (χ0n) is 8.42. The van der Waals surface area contributed by atoms with Crippen molar-refractivity contribution in [3.05, 3.63) is 29.8 Å². The van der Waals surface area contributed by atoms with Gasteiger partial charge in [-0.05, 0) is 24.1 Å². The second-order valence-corrected chi connectivity index (χ2v) is 3.02. The van der Waals surface area contributed by atoms with Crippen molar-refractivity contribution >= 4 is 18.4 Å². The van der Waals surface area contributed by atoms with E-state index < -0.39 is 12.0 Å². The Hall–Kier alpha value is -1.70. The van der Waals surface area contributed by atoms with Crippen LogP contribution in [0.15, 0.2) is 24.3 Å². The molecule has 3 N–H and O–H groups in total. The van der Waals surface area contributed by atoms with Crippen molar-refractivity contribution < 1.29 is 14.6 Å². The van der Waals surface area contributed by atoms with Crippen LogP contribution in [0, 0.1) is 12.5 Å². The minimum atomic E-state index is -0.786. The first-order valence-corrected chi connectivity index (χ1v) is 4.33. The Balaban J connectivity index is 0.00000225. The number of rotatable bonds is 3. The molecule has 86 valence electrons. The molecule has 0 fully saturated rings. The molecule has 0 amide bonds. The SMILES string of the molecule is C#COC(=O)[C@@H](N)Cc1ccc(O)cc1.Cl. The molecule has 0 unspecified atom stereocenters. The third-order valence-corrected chi connectivity index (χ3v) is 1.85. The maximum absolute atomic E-state index is 11.1. The van der Waals surface area contributed by atoms with E-state index in [1.54, 1.807) is 18.2 Å². The summed E-state index contributed by atoms with van der Waals surface area (Å²) in [5, 5.41) is 9.03. The van der Waals surface area contributed by atoms with Gasteiger partial charge in [-0.2, -0.15) is 0 Å². The minimum Gasteiger partial charge on any atom is -0.508 e. The number of esters is 1. The van der Waals surface area contributed by atoms with E-state index in [9.17, 15) is 4.79 Å². The van der Waals surface area contributed by atoms with Crippen LogP contribution >= 0.6 is 12.4 Å². The van der Waals surface area contributed by atoms with Crippen LogP contribution in [-0.2, 0) is 16.0 Å². The molecule has 0 spiro atoms. The van der Waals surface area contributed by atoms with Gasteiger partial charge < -0.3 is 15.6 Å². The number of ether oxygens (including phenoxy) is 1. The molecule has 16 heavy (non-hydrogen) atoms. The summed E-state index contributed by atoms with van der Waals surface area (Å²) in [4.78, 5) is 11.1. The summed E-state index contributed by atoms with van der Waals surface area (Å²) in [6.45, 7) is 0. The van der Waals surface area contributed by atoms with E-state index in [0.717, 1.165) is 5.56 Å². The molecule has 1 atom stereocenters. The van der Waals surface area contributed by atoms with Crippen LogP contribution in [0.4, 0.5) is 0 Å². The van der Waals surface area contributed by atoms with Crippen LogP contribution in [0.2, 0.25) is 0 Å². The largest absolute Gasteiger partial charge is 0.508 e. The Bertz CT molecular complexity index is 383. The van der Waals surface area contributed by atoms with Crippen molar-refractivity contribution in [2.45, 2.75) is 12.5 Å². The lowest BCUT2D eigenvalue weighted by Gasteiger charge is -2.07. The Labute approximate surface area is 99.8 Å². The fourth-order valence-corrected chi connectivity index (χ4v) is 1.10. The molecule has 0 aliphatic carbocycles. The number of halogens is 1. The van der Waals surface area contributed by atoms with Gasteiger partial charge in [0.25, 0.3) is 0 Å². The molecular weight excluding hydrogens is 230 g/mol. The third-order valence-electron chi connectivity index (χ3n) is 1.85. The highest BCUT2D eigenvalue weighted by molar-refractivity contribution is 5.85. The number of phenolic OH excluding ortho intramolecular Hbond substituents is 1. The lowest BCUT2D eigenvalue weighted by molar-refractivity contribution is -0.138. The molecule has 5 heteroatoms. The molecule has 1 rings (SSSR count). The Morgan fingerprint density at radius 1 is 1.50 bits per heavy atom. The van der Waals surface area contributed by atoms with E-state index in [1.165, 1.54) is 12.1 Å². The van der Waals surface area contributed by atoms with Crippen LogP contribution in [0.25, 0.3) is 0 Å². The maximum Gasteiger partial charge on any atom is 0.337 e. The summed E-state index contributed by atoms with van der Waals surface area (Å²) in [6.07, 6.45) is 6.89. The van der Waals surface area contributed by atoms with Crippen molar-refractivity contribution in [1.82, 2.24) is 0 Å². The second kappa shape index (κ2) is 6.72. The van der Waals surface area contributed by atoms with Gasteiger partial charge in [0.05, 0.1) is 0 Å². The molecular formula is C11H12ClNO3. The van der Waals surface area contributed by atoms with Gasteiger partial charge >= 0.3 is 5.97 Å². The molecule has 0 bridgehead atoms. The van der Waals surface area contributed by atoms with Crippen LogP contribution < -0.4 is 5.73 Å². The monoisotopic (exact) mass is 241 g/mol. The summed E-state index contributed by atoms with van der Waals surface area (Å²) < 4.78 is 4.31. The first-order valence-electron chi connectivity index (χ1n) is 4.33. The highest BCUT2D eigenvalue weighted by atomic mass is 35.5. The summed E-state index contributed by atoms with van der Waals surface area (Å²) in [5.74, 6) is -0.468. The van der Waals surface area contributed by atoms with Crippen LogP contribution in [0.1, 0.15) is 5.56 Å². The zero-order valence-corrected chi connectivity index (χ0v) is 9.24. The molecule has 4 nitrogen and oxygen atoms in total. The number of aromatic hydroxyl groups is 1. The van der Waals surface area contributed by atoms with E-state index in [2.05, 4.69) is 4.74 Å². The quantitative estimate of drug-likeness (QED) is 0.607. The predicted molar refractivity (Wildman–Crippen MR) is 62.0 cm³/mol. The molecule has 0 aliphatic rings. The van der Waals surface area contributed by atoms with Crippen molar-refractivity contribution in [3.8, 4) is 18.3 Å². The highest BCUT2D eigenvalue weighted by Crippen LogP contribution is 2.11. The van der Waals surface area contributed by atoms with Gasteiger partial charge in [-0.15, -0.1) is 12.4 Å². The number of carbonyl (C=O) groups is 1. The normalized spacial score (nSPS) is 10.8. The van der Waals surface area contributed by atoms with E-state index in [0.29, 0.717) is 6.42 Å². The number of benzene rings is 1. The number of hydrogen-bond donors (Lipinski definition) is 2. The van der Waals surface area contributed by atoms with Gasteiger partial charge in [-0.3, -0.25) is 0 Å². The van der Waals surface area contributed by atoms with E-state index in [1.807, 2.05) is 0 Å². The smallest absolute Gasteiger partial charge is 0.337 e.